The molecule has 254 valence electrons. The third kappa shape index (κ3) is 47.7. The zero-order valence-corrected chi connectivity index (χ0v) is 33.2. The van der Waals surface area contributed by atoms with Crippen LogP contribution in [0.4, 0.5) is 0 Å². The van der Waals surface area contributed by atoms with Crippen molar-refractivity contribution in [1.82, 2.24) is 0 Å². The molecule has 0 spiro atoms. The van der Waals surface area contributed by atoms with E-state index in [1.807, 2.05) is 0 Å². The summed E-state index contributed by atoms with van der Waals surface area (Å²) in [4.78, 5) is 0. The fraction of sp³-hybridized carbons (Fsp3) is 1.00. The molecule has 0 fully saturated rings. The van der Waals surface area contributed by atoms with Gasteiger partial charge in [0.1, 0.15) is 0 Å². The predicted octanol–water partition coefficient (Wildman–Crippen LogP) is 15.1. The van der Waals surface area contributed by atoms with Gasteiger partial charge >= 0.3 is 121 Å². The number of hydrogen-bond donors (Lipinski definition) is 0. The van der Waals surface area contributed by atoms with Crippen LogP contribution in [0.25, 0.3) is 0 Å². The van der Waals surface area contributed by atoms with Crippen molar-refractivity contribution in [3.8, 4) is 0 Å². The molecule has 0 amide bonds. The first-order valence-corrected chi connectivity index (χ1v) is 24.1. The molecule has 2 heteroatoms. The quantitative estimate of drug-likeness (QED) is 0.0467. The third-order valence-corrected chi connectivity index (χ3v) is 12.7. The summed E-state index contributed by atoms with van der Waals surface area (Å²) in [5.41, 5.74) is 0. The van der Waals surface area contributed by atoms with Gasteiger partial charge in [0.25, 0.3) is 0 Å². The molecule has 0 aromatic rings. The van der Waals surface area contributed by atoms with E-state index in [4.69, 9.17) is 4.74 Å². The van der Waals surface area contributed by atoms with Gasteiger partial charge in [0.15, 0.2) is 0 Å². The molecule has 0 saturated carbocycles. The number of unbranched alkanes of at least 4 members (excludes halogenated alkanes) is 28. The summed E-state index contributed by atoms with van der Waals surface area (Å²) in [6.07, 6.45) is 46.0. The number of rotatable bonds is 36. The van der Waals surface area contributed by atoms with Gasteiger partial charge < -0.3 is 4.74 Å². The van der Waals surface area contributed by atoms with Crippen molar-refractivity contribution in [2.24, 2.45) is 0 Å². The molecule has 0 aromatic carbocycles. The van der Waals surface area contributed by atoms with Gasteiger partial charge in [0, 0.05) is 13.2 Å². The zero-order chi connectivity index (χ0) is 30.9. The minimum absolute atomic E-state index is 0.0736. The van der Waals surface area contributed by atoms with Crippen LogP contribution in [0.3, 0.4) is 0 Å². The molecule has 0 saturated heterocycles. The molecule has 0 rings (SSSR count). The first-order valence-electron chi connectivity index (χ1n) is 20.1. The Balaban J connectivity index is 0. The Morgan fingerprint density at radius 1 is 0.262 bits per heavy atom. The van der Waals surface area contributed by atoms with E-state index < -0.39 is 0 Å². The minimum atomic E-state index is 0.0736. The Labute approximate surface area is 279 Å². The van der Waals surface area contributed by atoms with E-state index in [-0.39, 0.29) is 21.1 Å². The monoisotopic (exact) mass is 701 g/mol. The summed E-state index contributed by atoms with van der Waals surface area (Å²) in [6, 6.07) is 0. The Morgan fingerprint density at radius 3 is 0.738 bits per heavy atom. The molecular weight excluding hydrogens is 615 g/mol. The van der Waals surface area contributed by atoms with Gasteiger partial charge in [-0.15, -0.1) is 0 Å². The summed E-state index contributed by atoms with van der Waals surface area (Å²) in [6.45, 7) is 11.2. The van der Waals surface area contributed by atoms with Gasteiger partial charge in [-0.1, -0.05) is 129 Å². The van der Waals surface area contributed by atoms with Crippen LogP contribution in [0.1, 0.15) is 233 Å². The maximum atomic E-state index is 5.78. The average molecular weight is 700 g/mol. The first-order chi connectivity index (χ1) is 20.8. The molecule has 0 heterocycles. The Bertz CT molecular complexity index is 376. The van der Waals surface area contributed by atoms with Crippen LogP contribution in [0.2, 0.25) is 8.87 Å². The average Bonchev–Trinajstić information content (AvgIpc) is 3.00. The van der Waals surface area contributed by atoms with Crippen LogP contribution in [0.15, 0.2) is 0 Å². The van der Waals surface area contributed by atoms with Crippen LogP contribution >= 0.6 is 0 Å². The van der Waals surface area contributed by atoms with E-state index >= 15 is 0 Å². The molecule has 2 radical (unpaired) electrons. The van der Waals surface area contributed by atoms with Gasteiger partial charge in [-0.05, 0) is 12.8 Å². The Morgan fingerprint density at radius 2 is 0.476 bits per heavy atom. The van der Waals surface area contributed by atoms with E-state index in [9.17, 15) is 0 Å². The Kier molecular flexibility index (Phi) is 49.3. The van der Waals surface area contributed by atoms with Crippen molar-refractivity contribution in [1.29, 1.82) is 0 Å². The van der Waals surface area contributed by atoms with Crippen LogP contribution in [-0.2, 0) is 4.74 Å². The molecule has 0 N–H and O–H groups in total. The molecule has 0 unspecified atom stereocenters. The van der Waals surface area contributed by atoms with E-state index in [1.54, 1.807) is 21.7 Å². The van der Waals surface area contributed by atoms with Gasteiger partial charge in [0.2, 0.25) is 0 Å². The van der Waals surface area contributed by atoms with E-state index in [0.717, 1.165) is 13.2 Å². The molecule has 0 aromatic heterocycles. The van der Waals surface area contributed by atoms with Crippen LogP contribution in [0, 0.1) is 0 Å². The molecule has 42 heavy (non-hydrogen) atoms. The summed E-state index contributed by atoms with van der Waals surface area (Å²) >= 11 is 0.0736. The summed E-state index contributed by atoms with van der Waals surface area (Å²) in [7, 11) is 0. The zero-order valence-electron chi connectivity index (χ0n) is 30.4. The Hall–Kier alpha value is 0.759. The van der Waals surface area contributed by atoms with Gasteiger partial charge in [-0.25, -0.2) is 0 Å². The molecule has 0 bridgehead atoms. The first kappa shape index (κ1) is 44.9. The van der Waals surface area contributed by atoms with E-state index in [2.05, 4.69) is 27.7 Å². The molecule has 0 aliphatic heterocycles. The van der Waals surface area contributed by atoms with E-state index in [0.29, 0.717) is 0 Å². The number of hydrogen-bond acceptors (Lipinski definition) is 1. The molecule has 0 atom stereocenters. The van der Waals surface area contributed by atoms with E-state index in [1.165, 1.54) is 193 Å². The fourth-order valence-corrected chi connectivity index (χ4v) is 9.24. The molecule has 0 aliphatic rings. The normalized spacial score (nSPS) is 11.1. The van der Waals surface area contributed by atoms with Crippen molar-refractivity contribution in [2.45, 2.75) is 242 Å². The SMILES string of the molecule is CCCCCCCCCCCCOCCCCCCCCCCCC.CCCCCCC[CH2][Sn][CH2]CCCCCCC. The van der Waals surface area contributed by atoms with Crippen LogP contribution in [-0.4, -0.2) is 34.4 Å². The van der Waals surface area contributed by atoms with Crippen molar-refractivity contribution < 1.29 is 4.74 Å². The fourth-order valence-electron chi connectivity index (χ4n) is 5.67. The van der Waals surface area contributed by atoms with Crippen molar-refractivity contribution in [3.05, 3.63) is 0 Å². The van der Waals surface area contributed by atoms with Crippen molar-refractivity contribution in [2.75, 3.05) is 13.2 Å². The van der Waals surface area contributed by atoms with Gasteiger partial charge in [0.05, 0.1) is 0 Å². The molecular formula is C40H84OSn. The second-order valence-electron chi connectivity index (χ2n) is 13.3. The predicted molar refractivity (Wildman–Crippen MR) is 197 cm³/mol. The van der Waals surface area contributed by atoms with Crippen molar-refractivity contribution in [3.63, 3.8) is 0 Å². The molecule has 0 aliphatic carbocycles. The van der Waals surface area contributed by atoms with Gasteiger partial charge in [-0.3, -0.25) is 0 Å². The topological polar surface area (TPSA) is 9.23 Å². The molecule has 1 nitrogen and oxygen atoms in total. The third-order valence-electron chi connectivity index (χ3n) is 8.70. The van der Waals surface area contributed by atoms with Crippen LogP contribution in [0.5, 0.6) is 0 Å². The summed E-state index contributed by atoms with van der Waals surface area (Å²) < 4.78 is 9.09. The number of ether oxygens (including phenoxy) is 1. The second kappa shape index (κ2) is 46.2. The maximum absolute atomic E-state index is 5.78. The van der Waals surface area contributed by atoms with Crippen LogP contribution < -0.4 is 0 Å². The second-order valence-corrected chi connectivity index (χ2v) is 17.5. The summed E-state index contributed by atoms with van der Waals surface area (Å²) in [5.74, 6) is 0. The van der Waals surface area contributed by atoms with Crippen molar-refractivity contribution >= 4 is 21.1 Å². The standard InChI is InChI=1S/C24H50O.2C8H17.Sn/c1-3-5-7-9-11-13-15-17-19-21-23-25-24-22-20-18-16-14-12-10-8-6-4-2;2*1-3-5-7-8-6-4-2;/h3-24H2,1-2H3;2*1,3-8H2,2H3;. The summed E-state index contributed by atoms with van der Waals surface area (Å²) in [5, 5.41) is 0. The van der Waals surface area contributed by atoms with Gasteiger partial charge in [-0.2, -0.15) is 0 Å².